The van der Waals surface area contributed by atoms with Gasteiger partial charge in [0.2, 0.25) is 11.8 Å². The largest absolute Gasteiger partial charge is 0.378 e. The van der Waals surface area contributed by atoms with E-state index in [1.807, 2.05) is 61.5 Å². The van der Waals surface area contributed by atoms with Gasteiger partial charge in [-0.15, -0.1) is 0 Å². The van der Waals surface area contributed by atoms with Crippen LogP contribution in [0.4, 0.5) is 17.1 Å². The van der Waals surface area contributed by atoms with Crippen LogP contribution in [0.15, 0.2) is 54.6 Å². The van der Waals surface area contributed by atoms with Gasteiger partial charge in [-0.1, -0.05) is 30.3 Å². The number of ether oxygens (including phenoxy) is 1. The molecule has 1 atom stereocenters. The molecule has 2 amide bonds. The Balaban J connectivity index is 1.55. The number of hydrogen-bond acceptors (Lipinski definition) is 4. The fourth-order valence-electron chi connectivity index (χ4n) is 4.16. The molecule has 0 spiro atoms. The molecule has 0 aromatic heterocycles. The van der Waals surface area contributed by atoms with Crippen LogP contribution in [0.3, 0.4) is 0 Å². The summed E-state index contributed by atoms with van der Waals surface area (Å²) < 4.78 is 5.46. The molecule has 2 aliphatic rings. The van der Waals surface area contributed by atoms with Crippen molar-refractivity contribution in [2.45, 2.75) is 13.3 Å². The third-order valence-electron chi connectivity index (χ3n) is 5.65. The Morgan fingerprint density at radius 2 is 1.69 bits per heavy atom. The van der Waals surface area contributed by atoms with E-state index in [0.717, 1.165) is 30.2 Å². The normalized spacial score (nSPS) is 19.5. The van der Waals surface area contributed by atoms with Gasteiger partial charge in [0.25, 0.3) is 0 Å². The van der Waals surface area contributed by atoms with E-state index in [2.05, 4.69) is 4.90 Å². The van der Waals surface area contributed by atoms with Crippen molar-refractivity contribution < 1.29 is 14.3 Å². The van der Waals surface area contributed by atoms with Crippen LogP contribution in [0.25, 0.3) is 0 Å². The van der Waals surface area contributed by atoms with Gasteiger partial charge in [0.1, 0.15) is 0 Å². The molecule has 2 aliphatic heterocycles. The fourth-order valence-corrected chi connectivity index (χ4v) is 4.16. The Morgan fingerprint density at radius 1 is 1.03 bits per heavy atom. The smallest absolute Gasteiger partial charge is 0.232 e. The maximum Gasteiger partial charge on any atom is 0.232 e. The van der Waals surface area contributed by atoms with Crippen LogP contribution < -0.4 is 14.7 Å². The lowest BCUT2D eigenvalue weighted by Crippen LogP contribution is -2.39. The summed E-state index contributed by atoms with van der Waals surface area (Å²) in [7, 11) is 0. The van der Waals surface area contributed by atoms with E-state index in [9.17, 15) is 9.59 Å². The maximum atomic E-state index is 13.2. The average molecular weight is 393 g/mol. The van der Waals surface area contributed by atoms with Crippen molar-refractivity contribution in [3.63, 3.8) is 0 Å². The zero-order valence-electron chi connectivity index (χ0n) is 16.8. The first-order chi connectivity index (χ1) is 14.2. The van der Waals surface area contributed by atoms with E-state index in [1.165, 1.54) is 0 Å². The van der Waals surface area contributed by atoms with Gasteiger partial charge >= 0.3 is 0 Å². The van der Waals surface area contributed by atoms with E-state index in [1.54, 1.807) is 9.80 Å². The summed E-state index contributed by atoms with van der Waals surface area (Å²) in [5, 5.41) is 0. The van der Waals surface area contributed by atoms with Gasteiger partial charge in [-0.3, -0.25) is 9.59 Å². The summed E-state index contributed by atoms with van der Waals surface area (Å²) in [5.74, 6) is -0.313. The number of rotatable bonds is 5. The molecule has 0 radical (unpaired) electrons. The Hall–Kier alpha value is -2.86. The lowest BCUT2D eigenvalue weighted by molar-refractivity contribution is -0.124. The Labute approximate surface area is 171 Å². The minimum atomic E-state index is -0.333. The van der Waals surface area contributed by atoms with Gasteiger partial charge in [-0.2, -0.15) is 0 Å². The van der Waals surface area contributed by atoms with E-state index in [-0.39, 0.29) is 24.2 Å². The number of hydrogen-bond donors (Lipinski definition) is 0. The fraction of sp³-hybridized carbons (Fsp3) is 0.391. The SMILES string of the molecule is CCN(C(=O)C1CC(=O)N(c2ccccc2N2CCOCC2)C1)c1ccccc1. The molecule has 0 saturated carbocycles. The average Bonchev–Trinajstić information content (AvgIpc) is 3.17. The number of benzene rings is 2. The van der Waals surface area contributed by atoms with Crippen molar-refractivity contribution in [3.8, 4) is 0 Å². The molecule has 0 bridgehead atoms. The number of amides is 2. The number of para-hydroxylation sites is 3. The van der Waals surface area contributed by atoms with Crippen LogP contribution in [0.2, 0.25) is 0 Å². The molecule has 2 fully saturated rings. The quantitative estimate of drug-likeness (QED) is 0.784. The van der Waals surface area contributed by atoms with E-state index in [4.69, 9.17) is 4.74 Å². The molecular weight excluding hydrogens is 366 g/mol. The third-order valence-corrected chi connectivity index (χ3v) is 5.65. The Morgan fingerprint density at radius 3 is 2.38 bits per heavy atom. The summed E-state index contributed by atoms with van der Waals surface area (Å²) in [6, 6.07) is 17.6. The molecule has 0 N–H and O–H groups in total. The Kier molecular flexibility index (Phi) is 5.81. The van der Waals surface area contributed by atoms with Gasteiger partial charge in [0, 0.05) is 38.3 Å². The van der Waals surface area contributed by atoms with Crippen LogP contribution in [0.5, 0.6) is 0 Å². The topological polar surface area (TPSA) is 53.1 Å². The summed E-state index contributed by atoms with van der Waals surface area (Å²) in [4.78, 5) is 31.9. The first kappa shape index (κ1) is 19.5. The molecular formula is C23H27N3O3. The molecule has 2 aromatic carbocycles. The molecule has 2 saturated heterocycles. The van der Waals surface area contributed by atoms with E-state index in [0.29, 0.717) is 26.3 Å². The number of carbonyl (C=O) groups excluding carboxylic acids is 2. The summed E-state index contributed by atoms with van der Waals surface area (Å²) in [5.41, 5.74) is 2.80. The highest BCUT2D eigenvalue weighted by molar-refractivity contribution is 6.05. The lowest BCUT2D eigenvalue weighted by atomic mass is 10.1. The molecule has 152 valence electrons. The monoisotopic (exact) mass is 393 g/mol. The Bertz CT molecular complexity index is 865. The van der Waals surface area contributed by atoms with Crippen molar-refractivity contribution in [1.29, 1.82) is 0 Å². The van der Waals surface area contributed by atoms with Gasteiger partial charge in [-0.25, -0.2) is 0 Å². The highest BCUT2D eigenvalue weighted by Crippen LogP contribution is 2.35. The molecule has 2 heterocycles. The highest BCUT2D eigenvalue weighted by atomic mass is 16.5. The molecule has 6 nitrogen and oxygen atoms in total. The second-order valence-corrected chi connectivity index (χ2v) is 7.41. The van der Waals surface area contributed by atoms with Gasteiger partial charge in [0.15, 0.2) is 0 Å². The minimum absolute atomic E-state index is 0.00757. The number of morpholine rings is 1. The molecule has 29 heavy (non-hydrogen) atoms. The lowest BCUT2D eigenvalue weighted by Gasteiger charge is -2.32. The highest BCUT2D eigenvalue weighted by Gasteiger charge is 2.38. The molecule has 2 aromatic rings. The van der Waals surface area contributed by atoms with Crippen LogP contribution in [0.1, 0.15) is 13.3 Å². The number of carbonyl (C=O) groups is 2. The second kappa shape index (κ2) is 8.66. The first-order valence-electron chi connectivity index (χ1n) is 10.3. The van der Waals surface area contributed by atoms with Crippen molar-refractivity contribution in [3.05, 3.63) is 54.6 Å². The number of nitrogens with zero attached hydrogens (tertiary/aromatic N) is 3. The third kappa shape index (κ3) is 3.98. The van der Waals surface area contributed by atoms with Crippen LogP contribution in [0, 0.1) is 5.92 Å². The zero-order chi connectivity index (χ0) is 20.2. The predicted octanol–water partition coefficient (Wildman–Crippen LogP) is 2.93. The molecule has 6 heteroatoms. The van der Waals surface area contributed by atoms with E-state index < -0.39 is 0 Å². The zero-order valence-corrected chi connectivity index (χ0v) is 16.8. The second-order valence-electron chi connectivity index (χ2n) is 7.41. The molecule has 0 aliphatic carbocycles. The van der Waals surface area contributed by atoms with Crippen LogP contribution in [-0.4, -0.2) is 51.2 Å². The van der Waals surface area contributed by atoms with Crippen molar-refractivity contribution >= 4 is 28.9 Å². The summed E-state index contributed by atoms with van der Waals surface area (Å²) in [6.45, 7) is 5.95. The minimum Gasteiger partial charge on any atom is -0.378 e. The van der Waals surface area contributed by atoms with Crippen molar-refractivity contribution in [1.82, 2.24) is 0 Å². The summed E-state index contributed by atoms with van der Waals surface area (Å²) >= 11 is 0. The first-order valence-corrected chi connectivity index (χ1v) is 10.3. The predicted molar refractivity (Wildman–Crippen MR) is 114 cm³/mol. The van der Waals surface area contributed by atoms with Crippen molar-refractivity contribution in [2.75, 3.05) is 54.1 Å². The summed E-state index contributed by atoms with van der Waals surface area (Å²) in [6.07, 6.45) is 0.250. The van der Waals surface area contributed by atoms with Gasteiger partial charge in [-0.05, 0) is 31.2 Å². The van der Waals surface area contributed by atoms with Gasteiger partial charge in [0.05, 0.1) is 30.5 Å². The van der Waals surface area contributed by atoms with Crippen LogP contribution >= 0.6 is 0 Å². The number of anilines is 3. The standard InChI is InChI=1S/C23H27N3O3/c1-2-25(19-8-4-3-5-9-19)23(28)18-16-22(27)26(17-18)21-11-7-6-10-20(21)24-12-14-29-15-13-24/h3-11,18H,2,12-17H2,1H3. The molecule has 4 rings (SSSR count). The van der Waals surface area contributed by atoms with Crippen LogP contribution in [-0.2, 0) is 14.3 Å². The van der Waals surface area contributed by atoms with Crippen molar-refractivity contribution in [2.24, 2.45) is 5.92 Å². The van der Waals surface area contributed by atoms with E-state index >= 15 is 0 Å². The van der Waals surface area contributed by atoms with Gasteiger partial charge < -0.3 is 19.4 Å². The molecule has 1 unspecified atom stereocenters. The maximum absolute atomic E-state index is 13.2.